The van der Waals surface area contributed by atoms with Crippen molar-refractivity contribution < 1.29 is 19.7 Å². The molecule has 0 aromatic heterocycles. The number of benzene rings is 2. The Kier molecular flexibility index (Phi) is 6.15. The van der Waals surface area contributed by atoms with E-state index in [-0.39, 0.29) is 51.8 Å². The summed E-state index contributed by atoms with van der Waals surface area (Å²) >= 11 is 0. The maximum atomic E-state index is 10.6. The summed E-state index contributed by atoms with van der Waals surface area (Å²) in [5.41, 5.74) is 5.85. The lowest BCUT2D eigenvalue weighted by Gasteiger charge is -2.58. The molecule has 43 heavy (non-hydrogen) atoms. The van der Waals surface area contributed by atoms with E-state index in [9.17, 15) is 20.7 Å². The van der Waals surface area contributed by atoms with Crippen LogP contribution < -0.4 is 9.47 Å². The van der Waals surface area contributed by atoms with Crippen LogP contribution in [0.25, 0.3) is 0 Å². The second-order valence-electron chi connectivity index (χ2n) is 14.7. The highest BCUT2D eigenvalue weighted by Crippen LogP contribution is 2.67. The van der Waals surface area contributed by atoms with Gasteiger partial charge in [0.05, 0.1) is 0 Å². The second kappa shape index (κ2) is 9.06. The largest absolute Gasteiger partial charge is 0.504 e. The van der Waals surface area contributed by atoms with Crippen molar-refractivity contribution >= 4 is 0 Å². The number of rotatable bonds is 2. The molecule has 0 saturated heterocycles. The van der Waals surface area contributed by atoms with Gasteiger partial charge in [-0.1, -0.05) is 55.4 Å². The van der Waals surface area contributed by atoms with Gasteiger partial charge in [-0.2, -0.15) is 10.5 Å². The summed E-state index contributed by atoms with van der Waals surface area (Å²) in [7, 11) is 0. The Morgan fingerprint density at radius 1 is 0.698 bits per heavy atom. The summed E-state index contributed by atoms with van der Waals surface area (Å²) in [5, 5.41) is 42.0. The first-order valence-corrected chi connectivity index (χ1v) is 15.5. The van der Waals surface area contributed by atoms with Crippen molar-refractivity contribution in [2.75, 3.05) is 13.2 Å². The van der Waals surface area contributed by atoms with Gasteiger partial charge in [-0.25, -0.2) is 0 Å². The van der Waals surface area contributed by atoms with Gasteiger partial charge in [0.1, 0.15) is 36.5 Å². The standard InChI is InChI=1S/C37H42N2O4/c1-9-35(7)29-21(17-38)31-32(22(18-39)30(29)36(35,8)10-2)43-14-12-24-23(11-13-42-31)33(3,4)19-37(24)20-34(5,6)25-15-27(40)28(41)16-26(25)37/h11-12,15-16,40-41H,9-10,13-14,19-20H2,1-8H3/b23-11+,24-12+. The fraction of sp³-hybridized carbons (Fsp3) is 0.514. The highest BCUT2D eigenvalue weighted by atomic mass is 16.5. The predicted molar refractivity (Wildman–Crippen MR) is 166 cm³/mol. The molecule has 2 aromatic carbocycles. The topological polar surface area (TPSA) is 107 Å². The van der Waals surface area contributed by atoms with E-state index in [0.29, 0.717) is 22.6 Å². The third-order valence-electron chi connectivity index (χ3n) is 11.8. The molecule has 2 aromatic rings. The van der Waals surface area contributed by atoms with E-state index < -0.39 is 0 Å². The second-order valence-corrected chi connectivity index (χ2v) is 14.7. The van der Waals surface area contributed by atoms with E-state index in [2.05, 4.69) is 79.7 Å². The lowest BCUT2D eigenvalue weighted by molar-refractivity contribution is 0.176. The number of hydrogen-bond donors (Lipinski definition) is 2. The number of aromatic hydroxyl groups is 2. The minimum atomic E-state index is -0.384. The molecule has 3 aliphatic carbocycles. The van der Waals surface area contributed by atoms with Crippen LogP contribution in [0.4, 0.5) is 0 Å². The van der Waals surface area contributed by atoms with Gasteiger partial charge < -0.3 is 19.7 Å². The van der Waals surface area contributed by atoms with Crippen molar-refractivity contribution in [3.63, 3.8) is 0 Å². The first-order valence-electron chi connectivity index (χ1n) is 15.5. The molecule has 224 valence electrons. The average Bonchev–Trinajstić information content (AvgIpc) is 3.30. The van der Waals surface area contributed by atoms with Gasteiger partial charge in [-0.05, 0) is 94.2 Å². The van der Waals surface area contributed by atoms with Crippen LogP contribution in [0.1, 0.15) is 114 Å². The van der Waals surface area contributed by atoms with Crippen LogP contribution in [0.15, 0.2) is 35.4 Å². The SMILES string of the molecule is CCC1(C)c2c(C#N)c3c(c(C#N)c2C1(C)CC)OC/C=C1\C(=C/CO3)C(C)(C)CC12CC(C)(C)c1cc(O)c(O)cc12. The number of hydrogen-bond acceptors (Lipinski definition) is 6. The van der Waals surface area contributed by atoms with Crippen LogP contribution in [0.3, 0.4) is 0 Å². The smallest absolute Gasteiger partial charge is 0.181 e. The van der Waals surface area contributed by atoms with Crippen molar-refractivity contribution in [2.24, 2.45) is 5.41 Å². The molecule has 1 heterocycles. The fourth-order valence-corrected chi connectivity index (χ4v) is 9.47. The first kappa shape index (κ1) is 29.2. The summed E-state index contributed by atoms with van der Waals surface area (Å²) in [6, 6.07) is 8.35. The van der Waals surface area contributed by atoms with E-state index in [4.69, 9.17) is 9.47 Å². The predicted octanol–water partition coefficient (Wildman–Crippen LogP) is 7.86. The monoisotopic (exact) mass is 578 g/mol. The highest BCUT2D eigenvalue weighted by molar-refractivity contribution is 5.76. The van der Waals surface area contributed by atoms with E-state index in [1.807, 2.05) is 0 Å². The highest BCUT2D eigenvalue weighted by Gasteiger charge is 2.60. The molecule has 0 amide bonds. The summed E-state index contributed by atoms with van der Waals surface area (Å²) in [4.78, 5) is 0. The molecule has 1 saturated carbocycles. The minimum Gasteiger partial charge on any atom is -0.504 e. The summed E-state index contributed by atoms with van der Waals surface area (Å²) < 4.78 is 13.0. The Bertz CT molecular complexity index is 1730. The van der Waals surface area contributed by atoms with Gasteiger partial charge in [0.2, 0.25) is 0 Å². The zero-order valence-electron chi connectivity index (χ0n) is 26.7. The van der Waals surface area contributed by atoms with Gasteiger partial charge >= 0.3 is 0 Å². The minimum absolute atomic E-state index is 0.0997. The molecular weight excluding hydrogens is 536 g/mol. The summed E-state index contributed by atoms with van der Waals surface area (Å²) in [6.45, 7) is 18.0. The molecule has 2 N–H and O–H groups in total. The molecule has 6 heteroatoms. The molecule has 4 aliphatic rings. The lowest BCUT2D eigenvalue weighted by atomic mass is 9.44. The van der Waals surface area contributed by atoms with Crippen LogP contribution in [0.2, 0.25) is 0 Å². The van der Waals surface area contributed by atoms with Crippen LogP contribution in [-0.4, -0.2) is 23.4 Å². The maximum absolute atomic E-state index is 10.6. The summed E-state index contributed by atoms with van der Waals surface area (Å²) in [5.74, 6) is 0.504. The molecule has 3 atom stereocenters. The maximum Gasteiger partial charge on any atom is 0.181 e. The molecule has 6 rings (SSSR count). The van der Waals surface area contributed by atoms with Gasteiger partial charge in [-0.3, -0.25) is 0 Å². The van der Waals surface area contributed by atoms with Crippen molar-refractivity contribution in [2.45, 2.75) is 103 Å². The molecule has 3 unspecified atom stereocenters. The van der Waals surface area contributed by atoms with E-state index in [0.717, 1.165) is 59.1 Å². The van der Waals surface area contributed by atoms with Crippen LogP contribution in [0, 0.1) is 28.1 Å². The van der Waals surface area contributed by atoms with Gasteiger partial charge in [0, 0.05) is 16.2 Å². The Morgan fingerprint density at radius 2 is 1.14 bits per heavy atom. The molecule has 6 nitrogen and oxygen atoms in total. The number of nitrogens with zero attached hydrogens (tertiary/aromatic N) is 2. The van der Waals surface area contributed by atoms with Gasteiger partial charge in [-0.15, -0.1) is 0 Å². The van der Waals surface area contributed by atoms with Gasteiger partial charge in [0.15, 0.2) is 23.0 Å². The third-order valence-corrected chi connectivity index (χ3v) is 11.8. The zero-order chi connectivity index (χ0) is 31.3. The number of fused-ring (bicyclic) bond motifs is 6. The fourth-order valence-electron chi connectivity index (χ4n) is 9.47. The zero-order valence-corrected chi connectivity index (χ0v) is 26.7. The average molecular weight is 579 g/mol. The van der Waals surface area contributed by atoms with Gasteiger partial charge in [0.25, 0.3) is 0 Å². The van der Waals surface area contributed by atoms with Crippen LogP contribution in [0.5, 0.6) is 23.0 Å². The lowest BCUT2D eigenvalue weighted by Crippen LogP contribution is -2.55. The number of phenols is 2. The van der Waals surface area contributed by atoms with E-state index in [1.54, 1.807) is 12.1 Å². The third kappa shape index (κ3) is 3.50. The van der Waals surface area contributed by atoms with E-state index >= 15 is 0 Å². The van der Waals surface area contributed by atoms with Crippen molar-refractivity contribution in [3.8, 4) is 35.1 Å². The molecule has 1 aliphatic heterocycles. The summed E-state index contributed by atoms with van der Waals surface area (Å²) in [6.07, 6.45) is 7.60. The molecule has 1 spiro atoms. The number of phenolic OH excluding ortho intramolecular Hbond substituents is 2. The quantitative estimate of drug-likeness (QED) is 0.351. The number of nitriles is 2. The number of allylic oxidation sites excluding steroid dienone is 2. The molecule has 0 bridgehead atoms. The van der Waals surface area contributed by atoms with Crippen LogP contribution in [-0.2, 0) is 21.7 Å². The van der Waals surface area contributed by atoms with Crippen molar-refractivity contribution in [3.05, 3.63) is 68.8 Å². The van der Waals surface area contributed by atoms with Crippen molar-refractivity contribution in [1.82, 2.24) is 0 Å². The van der Waals surface area contributed by atoms with Crippen molar-refractivity contribution in [1.29, 1.82) is 10.5 Å². The molecule has 0 radical (unpaired) electrons. The Balaban J connectivity index is 1.55. The Morgan fingerprint density at radius 3 is 1.60 bits per heavy atom. The van der Waals surface area contributed by atoms with Crippen LogP contribution >= 0.6 is 0 Å². The molecular formula is C37H42N2O4. The normalized spacial score (nSPS) is 31.7. The Labute approximate surface area is 255 Å². The molecule has 1 fully saturated rings. The number of ether oxygens (including phenoxy) is 2. The Hall–Kier alpha value is -3.90. The van der Waals surface area contributed by atoms with E-state index in [1.165, 1.54) is 0 Å². The first-order chi connectivity index (χ1) is 20.2.